The molecule has 2 atom stereocenters. The van der Waals surface area contributed by atoms with Gasteiger partial charge >= 0.3 is 5.97 Å². The second-order valence-corrected chi connectivity index (χ2v) is 5.29. The van der Waals surface area contributed by atoms with Crippen molar-refractivity contribution in [1.82, 2.24) is 0 Å². The predicted octanol–water partition coefficient (Wildman–Crippen LogP) is 3.64. The summed E-state index contributed by atoms with van der Waals surface area (Å²) in [5.74, 6) is -0.834. The Morgan fingerprint density at radius 3 is 2.45 bits per heavy atom. The molecule has 1 aliphatic rings. The van der Waals surface area contributed by atoms with E-state index in [2.05, 4.69) is 0 Å². The van der Waals surface area contributed by atoms with Crippen molar-refractivity contribution in [2.24, 2.45) is 0 Å². The normalized spacial score (nSPS) is 21.4. The minimum atomic E-state index is -0.893. The first-order valence-corrected chi connectivity index (χ1v) is 6.84. The van der Waals surface area contributed by atoms with Crippen LogP contribution in [0.2, 0.25) is 0 Å². The number of benzene rings is 2. The van der Waals surface area contributed by atoms with Gasteiger partial charge in [0.25, 0.3) is 0 Å². The number of nitrogens with zero attached hydrogens (tertiary/aromatic N) is 1. The largest absolute Gasteiger partial charge is 0.480 e. The molecule has 3 nitrogen and oxygen atoms in total. The number of para-hydroxylation sites is 1. The molecule has 2 aromatic carbocycles. The zero-order chi connectivity index (χ0) is 14.1. The topological polar surface area (TPSA) is 40.5 Å². The van der Waals surface area contributed by atoms with Crippen molar-refractivity contribution in [3.63, 3.8) is 0 Å². The number of halogens is 1. The summed E-state index contributed by atoms with van der Waals surface area (Å²) in [6.07, 6.45) is 0.472. The predicted molar refractivity (Wildman–Crippen MR) is 79.1 cm³/mol. The van der Waals surface area contributed by atoms with Crippen molar-refractivity contribution in [1.29, 1.82) is 0 Å². The number of hydrogen-bond donors (Lipinski definition) is 1. The molecule has 0 amide bonds. The lowest BCUT2D eigenvalue weighted by atomic mass is 9.82. The molecule has 0 aliphatic carbocycles. The molecule has 0 saturated carbocycles. The van der Waals surface area contributed by atoms with Crippen molar-refractivity contribution in [2.75, 3.05) is 4.42 Å². The maximum Gasteiger partial charge on any atom is 0.327 e. The van der Waals surface area contributed by atoms with E-state index in [1.54, 1.807) is 0 Å². The standard InChI is InChI=1S/C16H14ClNO2/c17-18-14-9-5-4-8-12(14)13(10-15(18)16(19)20)11-6-2-1-3-7-11/h1-9,13,15H,10H2,(H,19,20). The molecule has 1 aliphatic heterocycles. The number of anilines is 1. The Labute approximate surface area is 122 Å². The molecule has 0 radical (unpaired) electrons. The highest BCUT2D eigenvalue weighted by atomic mass is 35.5. The highest BCUT2D eigenvalue weighted by Gasteiger charge is 2.36. The molecule has 0 aromatic heterocycles. The van der Waals surface area contributed by atoms with Crippen molar-refractivity contribution >= 4 is 23.4 Å². The van der Waals surface area contributed by atoms with Crippen LogP contribution in [0.15, 0.2) is 54.6 Å². The van der Waals surface area contributed by atoms with Gasteiger partial charge in [-0.2, -0.15) is 0 Å². The van der Waals surface area contributed by atoms with Crippen LogP contribution in [0.5, 0.6) is 0 Å². The fraction of sp³-hybridized carbons (Fsp3) is 0.188. The lowest BCUT2D eigenvalue weighted by molar-refractivity contribution is -0.138. The number of fused-ring (bicyclic) bond motifs is 1. The zero-order valence-electron chi connectivity index (χ0n) is 10.7. The van der Waals surface area contributed by atoms with Crippen LogP contribution >= 0.6 is 11.8 Å². The van der Waals surface area contributed by atoms with Crippen LogP contribution in [0.1, 0.15) is 23.5 Å². The number of carboxylic acid groups (broad SMARTS) is 1. The second kappa shape index (κ2) is 5.17. The van der Waals surface area contributed by atoms with E-state index in [-0.39, 0.29) is 5.92 Å². The minimum Gasteiger partial charge on any atom is -0.480 e. The third kappa shape index (κ3) is 2.14. The van der Waals surface area contributed by atoms with E-state index in [4.69, 9.17) is 11.8 Å². The van der Waals surface area contributed by atoms with E-state index >= 15 is 0 Å². The Bertz CT molecular complexity index is 629. The van der Waals surface area contributed by atoms with Gasteiger partial charge in [-0.05, 0) is 23.6 Å². The highest BCUT2D eigenvalue weighted by molar-refractivity contribution is 6.28. The number of carbonyl (C=O) groups is 1. The maximum atomic E-state index is 11.4. The Morgan fingerprint density at radius 1 is 1.10 bits per heavy atom. The molecular weight excluding hydrogens is 274 g/mol. The molecule has 3 rings (SSSR count). The molecule has 1 N–H and O–H groups in total. The van der Waals surface area contributed by atoms with E-state index in [0.29, 0.717) is 6.42 Å². The third-order valence-electron chi connectivity index (χ3n) is 3.76. The highest BCUT2D eigenvalue weighted by Crippen LogP contribution is 2.42. The first-order valence-electron chi connectivity index (χ1n) is 6.50. The summed E-state index contributed by atoms with van der Waals surface area (Å²) in [4.78, 5) is 11.4. The second-order valence-electron chi connectivity index (χ2n) is 4.92. The van der Waals surface area contributed by atoms with Crippen molar-refractivity contribution in [2.45, 2.75) is 18.4 Å². The Morgan fingerprint density at radius 2 is 1.75 bits per heavy atom. The van der Waals surface area contributed by atoms with Gasteiger partial charge in [0.05, 0.1) is 5.69 Å². The summed E-state index contributed by atoms with van der Waals surface area (Å²) in [6.45, 7) is 0. The van der Waals surface area contributed by atoms with Crippen LogP contribution in [0.25, 0.3) is 0 Å². The smallest absolute Gasteiger partial charge is 0.327 e. The first-order chi connectivity index (χ1) is 9.68. The Balaban J connectivity index is 2.11. The van der Waals surface area contributed by atoms with Crippen LogP contribution in [0.4, 0.5) is 5.69 Å². The molecule has 2 aromatic rings. The number of rotatable bonds is 2. The molecule has 1 heterocycles. The number of aliphatic carboxylic acids is 1. The number of hydrogen-bond acceptors (Lipinski definition) is 2. The average Bonchev–Trinajstić information content (AvgIpc) is 2.48. The summed E-state index contributed by atoms with van der Waals surface area (Å²) in [7, 11) is 0. The molecule has 20 heavy (non-hydrogen) atoms. The number of carboxylic acids is 1. The summed E-state index contributed by atoms with van der Waals surface area (Å²) < 4.78 is 1.34. The fourth-order valence-electron chi connectivity index (χ4n) is 2.79. The van der Waals surface area contributed by atoms with Gasteiger partial charge in [0.2, 0.25) is 0 Å². The van der Waals surface area contributed by atoms with Gasteiger partial charge < -0.3 is 5.11 Å². The van der Waals surface area contributed by atoms with Crippen LogP contribution in [0.3, 0.4) is 0 Å². The van der Waals surface area contributed by atoms with E-state index in [9.17, 15) is 9.90 Å². The van der Waals surface area contributed by atoms with Gasteiger partial charge in [-0.3, -0.25) is 4.42 Å². The SMILES string of the molecule is O=C(O)C1CC(c2ccccc2)c2ccccc2N1Cl. The van der Waals surface area contributed by atoms with Gasteiger partial charge in [0, 0.05) is 17.7 Å². The Kier molecular flexibility index (Phi) is 3.36. The van der Waals surface area contributed by atoms with Gasteiger partial charge in [-0.25, -0.2) is 4.79 Å². The zero-order valence-corrected chi connectivity index (χ0v) is 11.5. The first kappa shape index (κ1) is 13.0. The van der Waals surface area contributed by atoms with Crippen LogP contribution < -0.4 is 4.42 Å². The van der Waals surface area contributed by atoms with E-state index < -0.39 is 12.0 Å². The lowest BCUT2D eigenvalue weighted by Crippen LogP contribution is -2.40. The van der Waals surface area contributed by atoms with Crippen molar-refractivity contribution < 1.29 is 9.90 Å². The molecule has 0 bridgehead atoms. The molecule has 4 heteroatoms. The van der Waals surface area contributed by atoms with Crippen LogP contribution in [-0.2, 0) is 4.79 Å². The van der Waals surface area contributed by atoms with Gasteiger partial charge in [-0.1, -0.05) is 48.5 Å². The minimum absolute atomic E-state index is 0.0588. The monoisotopic (exact) mass is 287 g/mol. The van der Waals surface area contributed by atoms with Crippen LogP contribution in [0, 0.1) is 0 Å². The summed E-state index contributed by atoms with van der Waals surface area (Å²) in [5, 5.41) is 9.37. The van der Waals surface area contributed by atoms with Gasteiger partial charge in [0.15, 0.2) is 0 Å². The summed E-state index contributed by atoms with van der Waals surface area (Å²) in [5.41, 5.74) is 2.98. The van der Waals surface area contributed by atoms with Gasteiger partial charge in [0.1, 0.15) is 6.04 Å². The summed E-state index contributed by atoms with van der Waals surface area (Å²) in [6, 6.07) is 17.0. The fourth-order valence-corrected chi connectivity index (χ4v) is 3.10. The molecular formula is C16H14ClNO2. The molecule has 2 unspecified atom stereocenters. The van der Waals surface area contributed by atoms with E-state index in [1.165, 1.54) is 4.42 Å². The quantitative estimate of drug-likeness (QED) is 0.858. The van der Waals surface area contributed by atoms with E-state index in [0.717, 1.165) is 16.8 Å². The molecule has 0 saturated heterocycles. The Hall–Kier alpha value is -2.00. The molecule has 102 valence electrons. The van der Waals surface area contributed by atoms with Crippen molar-refractivity contribution in [3.05, 3.63) is 65.7 Å². The average molecular weight is 288 g/mol. The summed E-state index contributed by atoms with van der Waals surface area (Å²) >= 11 is 6.21. The van der Waals surface area contributed by atoms with Crippen LogP contribution in [-0.4, -0.2) is 17.1 Å². The van der Waals surface area contributed by atoms with Crippen molar-refractivity contribution in [3.8, 4) is 0 Å². The third-order valence-corrected chi connectivity index (χ3v) is 4.18. The molecule has 0 spiro atoms. The maximum absolute atomic E-state index is 11.4. The van der Waals surface area contributed by atoms with E-state index in [1.807, 2.05) is 54.6 Å². The molecule has 0 fully saturated rings. The van der Waals surface area contributed by atoms with Gasteiger partial charge in [-0.15, -0.1) is 0 Å². The lowest BCUT2D eigenvalue weighted by Gasteiger charge is -2.35.